The summed E-state index contributed by atoms with van der Waals surface area (Å²) in [6.07, 6.45) is 1.72. The number of benzene rings is 1. The Morgan fingerprint density at radius 3 is 2.47 bits per heavy atom. The van der Waals surface area contributed by atoms with E-state index >= 15 is 0 Å². The van der Waals surface area contributed by atoms with E-state index in [1.165, 1.54) is 0 Å². The number of Topliss-reactive ketones (excluding diaryl/α,β-unsaturated/α-hetero) is 1. The largest absolute Gasteiger partial charge is 0.481 e. The molecule has 1 fully saturated rings. The van der Waals surface area contributed by atoms with Crippen molar-refractivity contribution in [2.75, 3.05) is 0 Å². The Morgan fingerprint density at radius 1 is 1.29 bits per heavy atom. The summed E-state index contributed by atoms with van der Waals surface area (Å²) in [5.41, 5.74) is -0.387. The number of carboxylic acid groups (broad SMARTS) is 1. The van der Waals surface area contributed by atoms with E-state index in [0.29, 0.717) is 29.8 Å². The van der Waals surface area contributed by atoms with Crippen molar-refractivity contribution in [1.82, 2.24) is 0 Å². The molecular formula is C13H13ClO3. The summed E-state index contributed by atoms with van der Waals surface area (Å²) in [5.74, 6) is -0.901. The van der Waals surface area contributed by atoms with E-state index in [-0.39, 0.29) is 12.2 Å². The zero-order valence-electron chi connectivity index (χ0n) is 9.28. The Hall–Kier alpha value is -1.35. The standard InChI is InChI=1S/C13H13ClO3/c14-10-5-3-9(4-6-10)13(12(16)17)7-1-2-11(15)8-13/h3-6H,1-2,7-8H2,(H,16,17). The quantitative estimate of drug-likeness (QED) is 0.881. The van der Waals surface area contributed by atoms with E-state index in [9.17, 15) is 14.7 Å². The monoisotopic (exact) mass is 252 g/mol. The van der Waals surface area contributed by atoms with Crippen LogP contribution >= 0.6 is 11.6 Å². The van der Waals surface area contributed by atoms with Gasteiger partial charge in [0.2, 0.25) is 0 Å². The minimum atomic E-state index is -1.06. The number of carboxylic acids is 1. The van der Waals surface area contributed by atoms with Gasteiger partial charge in [0.15, 0.2) is 0 Å². The summed E-state index contributed by atoms with van der Waals surface area (Å²) in [6.45, 7) is 0. The molecule has 1 aromatic carbocycles. The molecule has 1 aliphatic carbocycles. The minimum Gasteiger partial charge on any atom is -0.481 e. The fourth-order valence-electron chi connectivity index (χ4n) is 2.42. The van der Waals surface area contributed by atoms with Crippen LogP contribution in [0.3, 0.4) is 0 Å². The summed E-state index contributed by atoms with van der Waals surface area (Å²) in [6, 6.07) is 6.74. The maximum Gasteiger partial charge on any atom is 0.314 e. The molecule has 0 aromatic heterocycles. The number of carbonyl (C=O) groups is 2. The van der Waals surface area contributed by atoms with Crippen LogP contribution in [-0.4, -0.2) is 16.9 Å². The maximum atomic E-state index is 11.5. The molecule has 1 atom stereocenters. The summed E-state index contributed by atoms with van der Waals surface area (Å²) < 4.78 is 0. The SMILES string of the molecule is O=C1CCCC(C(=O)O)(c2ccc(Cl)cc2)C1. The first kappa shape index (κ1) is 12.1. The van der Waals surface area contributed by atoms with E-state index in [2.05, 4.69) is 0 Å². The number of halogens is 1. The lowest BCUT2D eigenvalue weighted by molar-refractivity contribution is -0.147. The lowest BCUT2D eigenvalue weighted by Crippen LogP contribution is -2.40. The molecule has 1 N–H and O–H groups in total. The number of hydrogen-bond donors (Lipinski definition) is 1. The van der Waals surface area contributed by atoms with Crippen LogP contribution in [0.1, 0.15) is 31.2 Å². The van der Waals surface area contributed by atoms with Crippen molar-refractivity contribution in [2.45, 2.75) is 31.1 Å². The van der Waals surface area contributed by atoms with Crippen molar-refractivity contribution in [3.63, 3.8) is 0 Å². The van der Waals surface area contributed by atoms with Crippen molar-refractivity contribution in [2.24, 2.45) is 0 Å². The molecule has 0 aliphatic heterocycles. The Kier molecular flexibility index (Phi) is 3.20. The molecule has 1 aromatic rings. The van der Waals surface area contributed by atoms with Gasteiger partial charge in [0.05, 0.1) is 5.41 Å². The van der Waals surface area contributed by atoms with Crippen LogP contribution in [0.4, 0.5) is 0 Å². The highest BCUT2D eigenvalue weighted by molar-refractivity contribution is 6.30. The van der Waals surface area contributed by atoms with Gasteiger partial charge in [-0.2, -0.15) is 0 Å². The average Bonchev–Trinajstić information content (AvgIpc) is 2.29. The van der Waals surface area contributed by atoms with Crippen LogP contribution in [0.5, 0.6) is 0 Å². The summed E-state index contributed by atoms with van der Waals surface area (Å²) >= 11 is 5.79. The van der Waals surface area contributed by atoms with E-state index in [1.54, 1.807) is 24.3 Å². The highest BCUT2D eigenvalue weighted by Crippen LogP contribution is 2.38. The first-order chi connectivity index (χ1) is 8.04. The van der Waals surface area contributed by atoms with Gasteiger partial charge in [-0.1, -0.05) is 23.7 Å². The van der Waals surface area contributed by atoms with Crippen LogP contribution in [0.2, 0.25) is 5.02 Å². The fourth-order valence-corrected chi connectivity index (χ4v) is 2.55. The third-order valence-corrected chi connectivity index (χ3v) is 3.62. The molecule has 0 spiro atoms. The second kappa shape index (κ2) is 4.49. The van der Waals surface area contributed by atoms with Gasteiger partial charge >= 0.3 is 5.97 Å². The van der Waals surface area contributed by atoms with Gasteiger partial charge in [-0.3, -0.25) is 9.59 Å². The third-order valence-electron chi connectivity index (χ3n) is 3.36. The Labute approximate surface area is 104 Å². The topological polar surface area (TPSA) is 54.4 Å². The number of hydrogen-bond acceptors (Lipinski definition) is 2. The molecular weight excluding hydrogens is 240 g/mol. The first-order valence-electron chi connectivity index (χ1n) is 5.56. The summed E-state index contributed by atoms with van der Waals surface area (Å²) in [7, 11) is 0. The molecule has 0 bridgehead atoms. The zero-order valence-corrected chi connectivity index (χ0v) is 10.0. The molecule has 0 amide bonds. The van der Waals surface area contributed by atoms with Crippen molar-refractivity contribution >= 4 is 23.4 Å². The lowest BCUT2D eigenvalue weighted by atomic mass is 9.69. The lowest BCUT2D eigenvalue weighted by Gasteiger charge is -2.32. The third kappa shape index (κ3) is 2.20. The highest BCUT2D eigenvalue weighted by Gasteiger charge is 2.44. The van der Waals surface area contributed by atoms with Crippen molar-refractivity contribution in [3.8, 4) is 0 Å². The number of rotatable bonds is 2. The second-order valence-electron chi connectivity index (χ2n) is 4.46. The van der Waals surface area contributed by atoms with Gasteiger partial charge in [0, 0.05) is 17.9 Å². The molecule has 1 unspecified atom stereocenters. The average molecular weight is 253 g/mol. The van der Waals surface area contributed by atoms with Gasteiger partial charge in [-0.05, 0) is 30.5 Å². The molecule has 0 radical (unpaired) electrons. The number of aliphatic carboxylic acids is 1. The molecule has 17 heavy (non-hydrogen) atoms. The van der Waals surface area contributed by atoms with Gasteiger partial charge < -0.3 is 5.11 Å². The molecule has 3 nitrogen and oxygen atoms in total. The molecule has 1 aliphatic rings. The number of carbonyl (C=O) groups excluding carboxylic acids is 1. The van der Waals surface area contributed by atoms with E-state index in [0.717, 1.165) is 0 Å². The van der Waals surface area contributed by atoms with Crippen LogP contribution in [0.15, 0.2) is 24.3 Å². The van der Waals surface area contributed by atoms with Crippen LogP contribution in [0, 0.1) is 0 Å². The van der Waals surface area contributed by atoms with Crippen molar-refractivity contribution < 1.29 is 14.7 Å². The van der Waals surface area contributed by atoms with Crippen LogP contribution < -0.4 is 0 Å². The Bertz CT molecular complexity index is 452. The summed E-state index contributed by atoms with van der Waals surface area (Å²) in [5, 5.41) is 10.0. The second-order valence-corrected chi connectivity index (χ2v) is 4.90. The summed E-state index contributed by atoms with van der Waals surface area (Å²) in [4.78, 5) is 23.1. The molecule has 4 heteroatoms. The van der Waals surface area contributed by atoms with E-state index in [1.807, 2.05) is 0 Å². The Morgan fingerprint density at radius 2 is 1.94 bits per heavy atom. The van der Waals surface area contributed by atoms with Gasteiger partial charge in [-0.25, -0.2) is 0 Å². The van der Waals surface area contributed by atoms with Crippen LogP contribution in [-0.2, 0) is 15.0 Å². The molecule has 0 heterocycles. The molecule has 90 valence electrons. The zero-order chi connectivity index (χ0) is 12.5. The smallest absolute Gasteiger partial charge is 0.314 e. The normalized spacial score (nSPS) is 24.6. The van der Waals surface area contributed by atoms with Gasteiger partial charge in [0.1, 0.15) is 5.78 Å². The van der Waals surface area contributed by atoms with Gasteiger partial charge in [0.25, 0.3) is 0 Å². The number of ketones is 1. The molecule has 2 rings (SSSR count). The van der Waals surface area contributed by atoms with E-state index in [4.69, 9.17) is 11.6 Å². The van der Waals surface area contributed by atoms with Crippen LogP contribution in [0.25, 0.3) is 0 Å². The molecule has 0 saturated heterocycles. The first-order valence-corrected chi connectivity index (χ1v) is 5.93. The van der Waals surface area contributed by atoms with E-state index < -0.39 is 11.4 Å². The van der Waals surface area contributed by atoms with Gasteiger partial charge in [-0.15, -0.1) is 0 Å². The highest BCUT2D eigenvalue weighted by atomic mass is 35.5. The fraction of sp³-hybridized carbons (Fsp3) is 0.385. The van der Waals surface area contributed by atoms with Crippen molar-refractivity contribution in [3.05, 3.63) is 34.9 Å². The van der Waals surface area contributed by atoms with Crippen molar-refractivity contribution in [1.29, 1.82) is 0 Å². The minimum absolute atomic E-state index is 0.0219. The predicted molar refractivity (Wildman–Crippen MR) is 64.2 cm³/mol. The molecule has 1 saturated carbocycles. The Balaban J connectivity index is 2.43. The maximum absolute atomic E-state index is 11.5. The predicted octanol–water partition coefficient (Wildman–Crippen LogP) is 2.81.